The Labute approximate surface area is 208 Å². The summed E-state index contributed by atoms with van der Waals surface area (Å²) in [5.41, 5.74) is 0.999. The summed E-state index contributed by atoms with van der Waals surface area (Å²) in [5.74, 6) is -1.09. The van der Waals surface area contributed by atoms with Gasteiger partial charge in [0, 0.05) is 24.9 Å². The Bertz CT molecular complexity index is 1400. The molecule has 0 spiro atoms. The number of fused-ring (bicyclic) bond motifs is 1. The molecule has 2 aromatic heterocycles. The highest BCUT2D eigenvalue weighted by atomic mass is 19.4. The summed E-state index contributed by atoms with van der Waals surface area (Å²) in [6.07, 6.45) is -4.90. The van der Waals surface area contributed by atoms with Crippen LogP contribution in [0.25, 0.3) is 22.4 Å². The zero-order chi connectivity index (χ0) is 26.3. The van der Waals surface area contributed by atoms with Crippen molar-refractivity contribution >= 4 is 28.2 Å². The predicted molar refractivity (Wildman–Crippen MR) is 124 cm³/mol. The zero-order valence-electron chi connectivity index (χ0n) is 19.8. The second kappa shape index (κ2) is 9.59. The maximum atomic E-state index is 14.6. The minimum absolute atomic E-state index is 0.00776. The van der Waals surface area contributed by atoms with Gasteiger partial charge in [0.05, 0.1) is 47.1 Å². The summed E-state index contributed by atoms with van der Waals surface area (Å²) < 4.78 is 61.3. The van der Waals surface area contributed by atoms with Gasteiger partial charge < -0.3 is 19.3 Å². The molecule has 1 unspecified atom stereocenters. The van der Waals surface area contributed by atoms with Gasteiger partial charge in [0.1, 0.15) is 6.54 Å². The lowest BCUT2D eigenvalue weighted by Crippen LogP contribution is -2.39. The molecule has 1 aromatic carbocycles. The number of hydrogen-bond donors (Lipinski definition) is 1. The molecule has 2 fully saturated rings. The van der Waals surface area contributed by atoms with E-state index in [9.17, 15) is 22.4 Å². The Morgan fingerprint density at radius 3 is 2.89 bits per heavy atom. The minimum Gasteiger partial charge on any atom is -0.347 e. The summed E-state index contributed by atoms with van der Waals surface area (Å²) in [4.78, 5) is 22.6. The monoisotopic (exact) mass is 517 g/mol. The van der Waals surface area contributed by atoms with Gasteiger partial charge in [0.25, 0.3) is 0 Å². The van der Waals surface area contributed by atoms with Crippen LogP contribution in [0.2, 0.25) is 0 Å². The quantitative estimate of drug-likeness (QED) is 0.498. The van der Waals surface area contributed by atoms with Crippen molar-refractivity contribution in [3.05, 3.63) is 30.2 Å². The molecule has 0 bridgehead atoms. The van der Waals surface area contributed by atoms with E-state index >= 15 is 0 Å². The van der Waals surface area contributed by atoms with Gasteiger partial charge in [-0.25, -0.2) is 4.39 Å². The van der Waals surface area contributed by atoms with Crippen molar-refractivity contribution in [1.29, 1.82) is 5.26 Å². The third kappa shape index (κ3) is 5.34. The van der Waals surface area contributed by atoms with Crippen LogP contribution >= 0.6 is 0 Å². The molecule has 1 amide bonds. The summed E-state index contributed by atoms with van der Waals surface area (Å²) >= 11 is 0. The fraction of sp³-hybridized carbons (Fsp3) is 0.458. The Balaban J connectivity index is 1.47. The van der Waals surface area contributed by atoms with E-state index < -0.39 is 18.9 Å². The summed E-state index contributed by atoms with van der Waals surface area (Å²) in [7, 11) is 1.81. The number of likely N-dealkylation sites (tertiary alicyclic amines) is 1. The minimum atomic E-state index is -4.54. The van der Waals surface area contributed by atoms with Crippen molar-refractivity contribution in [3.8, 4) is 17.6 Å². The third-order valence-electron chi connectivity index (χ3n) is 6.51. The van der Waals surface area contributed by atoms with Crippen LogP contribution in [0.1, 0.15) is 18.7 Å². The molecule has 3 heterocycles. The number of nitriles is 1. The summed E-state index contributed by atoms with van der Waals surface area (Å²) in [6, 6.07) is 8.24. The van der Waals surface area contributed by atoms with Crippen LogP contribution in [0.3, 0.4) is 0 Å². The van der Waals surface area contributed by atoms with E-state index in [2.05, 4.69) is 20.4 Å². The molecule has 9 nitrogen and oxygen atoms in total. The first kappa shape index (κ1) is 24.9. The number of carbonyl (C=O) groups is 1. The number of nitrogens with zero attached hydrogens (tertiary/aromatic N) is 6. The van der Waals surface area contributed by atoms with Crippen LogP contribution in [-0.4, -0.2) is 63.7 Å². The van der Waals surface area contributed by atoms with Crippen molar-refractivity contribution in [3.63, 3.8) is 0 Å². The molecule has 1 aliphatic heterocycles. The Morgan fingerprint density at radius 2 is 2.19 bits per heavy atom. The fourth-order valence-corrected chi connectivity index (χ4v) is 4.47. The van der Waals surface area contributed by atoms with Gasteiger partial charge in [-0.05, 0) is 31.7 Å². The highest BCUT2D eigenvalue weighted by Gasteiger charge is 2.43. The average Bonchev–Trinajstić information content (AvgIpc) is 3.35. The Morgan fingerprint density at radius 1 is 1.38 bits per heavy atom. The number of carbonyl (C=O) groups excluding carboxylic acids is 1. The first-order valence-electron chi connectivity index (χ1n) is 11.7. The van der Waals surface area contributed by atoms with Gasteiger partial charge in [-0.2, -0.15) is 23.4 Å². The molecule has 0 radical (unpaired) electrons. The van der Waals surface area contributed by atoms with E-state index in [0.717, 1.165) is 4.57 Å². The molecule has 3 aromatic rings. The lowest BCUT2D eigenvalue weighted by atomic mass is 10.1. The molecule has 1 N–H and O–H groups in total. The Kier molecular flexibility index (Phi) is 6.45. The van der Waals surface area contributed by atoms with E-state index in [1.54, 1.807) is 12.1 Å². The van der Waals surface area contributed by atoms with Gasteiger partial charge in [0.15, 0.2) is 6.17 Å². The fourth-order valence-electron chi connectivity index (χ4n) is 4.47. The number of piperidine rings is 1. The molecular formula is C24H23F4N7O2. The number of halogens is 4. The van der Waals surface area contributed by atoms with Gasteiger partial charge in [-0.15, -0.1) is 0 Å². The topological polar surface area (TPSA) is 112 Å². The molecule has 37 heavy (non-hydrogen) atoms. The van der Waals surface area contributed by atoms with E-state index in [1.807, 2.05) is 18.0 Å². The second-order valence-electron chi connectivity index (χ2n) is 9.33. The first-order chi connectivity index (χ1) is 17.6. The number of alkyl halides is 4. The maximum absolute atomic E-state index is 14.6. The van der Waals surface area contributed by atoms with Crippen LogP contribution in [0, 0.1) is 23.2 Å². The van der Waals surface area contributed by atoms with Gasteiger partial charge in [-0.3, -0.25) is 9.79 Å². The van der Waals surface area contributed by atoms with Crippen LogP contribution < -0.4 is 5.32 Å². The number of aliphatic imine (C=N–C) groups is 1. The van der Waals surface area contributed by atoms with Crippen LogP contribution in [0.5, 0.6) is 0 Å². The van der Waals surface area contributed by atoms with Crippen molar-refractivity contribution in [2.75, 3.05) is 20.1 Å². The molecule has 1 saturated heterocycles. The molecular weight excluding hydrogens is 494 g/mol. The highest BCUT2D eigenvalue weighted by Crippen LogP contribution is 2.38. The molecule has 194 valence electrons. The van der Waals surface area contributed by atoms with Crippen LogP contribution in [0.15, 0.2) is 33.8 Å². The number of rotatable bonds is 6. The van der Waals surface area contributed by atoms with Crippen LogP contribution in [-0.2, 0) is 17.9 Å². The van der Waals surface area contributed by atoms with Gasteiger partial charge in [-0.1, -0.05) is 11.2 Å². The van der Waals surface area contributed by atoms with Crippen LogP contribution in [0.4, 0.5) is 23.2 Å². The highest BCUT2D eigenvalue weighted by molar-refractivity contribution is 5.99. The lowest BCUT2D eigenvalue weighted by Gasteiger charge is -2.26. The van der Waals surface area contributed by atoms with E-state index in [0.29, 0.717) is 36.2 Å². The van der Waals surface area contributed by atoms with Crippen molar-refractivity contribution in [2.24, 2.45) is 16.8 Å². The first-order valence-corrected chi connectivity index (χ1v) is 11.7. The SMILES string of the molecule is CN1CCC(=Nc2cccc3c2cc(-c2noc(CNC(=O)[C@@H]4CC4C#N)n2)n3CC(F)(F)F)[C@@H](F)C1. The van der Waals surface area contributed by atoms with Gasteiger partial charge in [0.2, 0.25) is 17.6 Å². The molecule has 1 saturated carbocycles. The van der Waals surface area contributed by atoms with Crippen molar-refractivity contribution in [1.82, 2.24) is 24.9 Å². The molecule has 1 aliphatic carbocycles. The number of hydrogen-bond acceptors (Lipinski definition) is 7. The van der Waals surface area contributed by atoms with Gasteiger partial charge >= 0.3 is 6.18 Å². The van der Waals surface area contributed by atoms with E-state index in [1.165, 1.54) is 12.1 Å². The normalized spacial score (nSPS) is 23.4. The van der Waals surface area contributed by atoms with E-state index in [-0.39, 0.29) is 53.8 Å². The number of nitrogens with one attached hydrogen (secondary N) is 1. The van der Waals surface area contributed by atoms with Crippen molar-refractivity contribution in [2.45, 2.75) is 38.3 Å². The molecule has 2 aliphatic rings. The largest absolute Gasteiger partial charge is 0.406 e. The molecule has 13 heteroatoms. The van der Waals surface area contributed by atoms with E-state index in [4.69, 9.17) is 9.78 Å². The molecule has 3 atom stereocenters. The number of aromatic nitrogens is 3. The molecule has 5 rings (SSSR count). The number of benzene rings is 1. The van der Waals surface area contributed by atoms with Crippen molar-refractivity contribution < 1.29 is 26.9 Å². The maximum Gasteiger partial charge on any atom is 0.406 e. The smallest absolute Gasteiger partial charge is 0.347 e. The average molecular weight is 517 g/mol. The third-order valence-corrected chi connectivity index (χ3v) is 6.51. The zero-order valence-corrected chi connectivity index (χ0v) is 19.8. The standard InChI is InChI=1S/C24H23F4N7O2/c1-34-6-5-18(16(25)11-34)31-17-3-2-4-19-15(17)8-20(35(19)12-24(26,27)28)22-32-21(37-33-22)10-30-23(36)14-7-13(14)9-29/h2-4,8,13-14,16H,5-7,10-12H2,1H3,(H,30,36)/t13?,14-,16+/m1/s1. The predicted octanol–water partition coefficient (Wildman–Crippen LogP) is 3.78. The number of amides is 1. The summed E-state index contributed by atoms with van der Waals surface area (Å²) in [6.45, 7) is -0.587. The summed E-state index contributed by atoms with van der Waals surface area (Å²) in [5, 5.41) is 15.7. The second-order valence-corrected chi connectivity index (χ2v) is 9.33. The Hall–Kier alpha value is -3.79. The lowest BCUT2D eigenvalue weighted by molar-refractivity contribution is -0.139.